The molecule has 6 rings (SSSR count). The van der Waals surface area contributed by atoms with Gasteiger partial charge in [-0.3, -0.25) is 14.4 Å². The average molecular weight is 517 g/mol. The third-order valence-corrected chi connectivity index (χ3v) is 7.45. The SMILES string of the molecule is CCCCN1C(=O)c2oc3ccc(Cl)cc3c(=O)c2C12C(=O)N(Cc1ccccc1F)c1ccccc12. The van der Waals surface area contributed by atoms with E-state index in [4.69, 9.17) is 16.0 Å². The molecule has 4 aromatic rings. The van der Waals surface area contributed by atoms with Crippen molar-refractivity contribution in [1.29, 1.82) is 0 Å². The number of anilines is 1. The molecule has 2 aliphatic rings. The van der Waals surface area contributed by atoms with E-state index >= 15 is 0 Å². The van der Waals surface area contributed by atoms with Crippen LogP contribution in [-0.4, -0.2) is 23.3 Å². The minimum atomic E-state index is -1.72. The highest BCUT2D eigenvalue weighted by Gasteiger charge is 2.64. The number of carbonyl (C=O) groups is 2. The molecule has 2 amide bonds. The van der Waals surface area contributed by atoms with Gasteiger partial charge in [0.15, 0.2) is 11.0 Å². The van der Waals surface area contributed by atoms with Gasteiger partial charge in [0.05, 0.1) is 23.2 Å². The molecule has 0 aliphatic carbocycles. The maximum atomic E-state index is 14.7. The van der Waals surface area contributed by atoms with Crippen LogP contribution in [0.25, 0.3) is 11.0 Å². The zero-order valence-electron chi connectivity index (χ0n) is 20.0. The summed E-state index contributed by atoms with van der Waals surface area (Å²) in [5.74, 6) is -1.60. The minimum Gasteiger partial charge on any atom is -0.450 e. The summed E-state index contributed by atoms with van der Waals surface area (Å²) in [6.45, 7) is 2.17. The zero-order valence-corrected chi connectivity index (χ0v) is 20.7. The van der Waals surface area contributed by atoms with Crippen molar-refractivity contribution >= 4 is 40.1 Å². The average Bonchev–Trinajstić information content (AvgIpc) is 3.29. The van der Waals surface area contributed by atoms with E-state index in [1.807, 2.05) is 6.92 Å². The van der Waals surface area contributed by atoms with E-state index in [1.165, 1.54) is 21.9 Å². The second kappa shape index (κ2) is 8.56. The lowest BCUT2D eigenvalue weighted by Gasteiger charge is -2.34. The molecule has 0 saturated carbocycles. The fourth-order valence-electron chi connectivity index (χ4n) is 5.53. The Bertz CT molecular complexity index is 1670. The van der Waals surface area contributed by atoms with Crippen molar-refractivity contribution in [2.24, 2.45) is 0 Å². The smallest absolute Gasteiger partial charge is 0.291 e. The van der Waals surface area contributed by atoms with Crippen LogP contribution < -0.4 is 10.3 Å². The summed E-state index contributed by atoms with van der Waals surface area (Å²) in [5, 5.41) is 0.522. The Morgan fingerprint density at radius 3 is 2.54 bits per heavy atom. The molecule has 8 heteroatoms. The van der Waals surface area contributed by atoms with Crippen LogP contribution in [-0.2, 0) is 16.9 Å². The molecule has 0 saturated heterocycles. The first-order chi connectivity index (χ1) is 17.9. The number of fused-ring (bicyclic) bond motifs is 5. The van der Waals surface area contributed by atoms with Crippen molar-refractivity contribution in [3.8, 4) is 0 Å². The first kappa shape index (κ1) is 23.4. The van der Waals surface area contributed by atoms with Crippen LogP contribution in [0.2, 0.25) is 5.02 Å². The normalized spacial score (nSPS) is 18.2. The van der Waals surface area contributed by atoms with E-state index in [0.29, 0.717) is 28.3 Å². The summed E-state index contributed by atoms with van der Waals surface area (Å²) in [5.41, 5.74) is -0.670. The van der Waals surface area contributed by atoms with Crippen molar-refractivity contribution in [2.75, 3.05) is 11.4 Å². The van der Waals surface area contributed by atoms with Crippen molar-refractivity contribution in [2.45, 2.75) is 31.8 Å². The van der Waals surface area contributed by atoms with Crippen molar-refractivity contribution in [3.05, 3.63) is 110 Å². The summed E-state index contributed by atoms with van der Waals surface area (Å²) in [4.78, 5) is 45.3. The number of unbranched alkanes of at least 4 members (excludes halogenated alkanes) is 1. The standard InChI is InChI=1S/C29H22ClFN2O4/c1-2-3-14-33-27(35)26-24(25(34)19-15-18(30)12-13-23(19)37-26)29(33)20-9-5-7-11-22(20)32(28(29)36)16-17-8-4-6-10-21(17)31/h4-13,15H,2-3,14,16H2,1H3. The lowest BCUT2D eigenvalue weighted by Crippen LogP contribution is -2.53. The van der Waals surface area contributed by atoms with Crippen molar-refractivity contribution in [3.63, 3.8) is 0 Å². The molecule has 0 fully saturated rings. The molecule has 3 aromatic carbocycles. The number of halogens is 2. The van der Waals surface area contributed by atoms with Crippen LogP contribution in [0, 0.1) is 5.82 Å². The van der Waals surface area contributed by atoms with Gasteiger partial charge in [0.2, 0.25) is 5.76 Å². The van der Waals surface area contributed by atoms with E-state index in [-0.39, 0.29) is 35.4 Å². The van der Waals surface area contributed by atoms with E-state index < -0.39 is 28.6 Å². The second-order valence-corrected chi connectivity index (χ2v) is 9.73. The van der Waals surface area contributed by atoms with Gasteiger partial charge in [-0.05, 0) is 36.8 Å². The van der Waals surface area contributed by atoms with Crippen LogP contribution in [0.4, 0.5) is 10.1 Å². The van der Waals surface area contributed by atoms with Gasteiger partial charge in [0, 0.05) is 22.7 Å². The van der Waals surface area contributed by atoms with Gasteiger partial charge in [0.1, 0.15) is 11.4 Å². The van der Waals surface area contributed by atoms with E-state index in [2.05, 4.69) is 0 Å². The number of hydrogen-bond donors (Lipinski definition) is 0. The fourth-order valence-corrected chi connectivity index (χ4v) is 5.71. The number of carbonyl (C=O) groups excluding carboxylic acids is 2. The summed E-state index contributed by atoms with van der Waals surface area (Å²) in [7, 11) is 0. The predicted octanol–water partition coefficient (Wildman–Crippen LogP) is 5.63. The van der Waals surface area contributed by atoms with Gasteiger partial charge < -0.3 is 14.2 Å². The molecule has 37 heavy (non-hydrogen) atoms. The van der Waals surface area contributed by atoms with Gasteiger partial charge in [-0.1, -0.05) is 61.3 Å². The molecule has 0 bridgehead atoms. The van der Waals surface area contributed by atoms with Gasteiger partial charge in [-0.2, -0.15) is 0 Å². The Morgan fingerprint density at radius 2 is 1.76 bits per heavy atom. The Kier molecular flexibility index (Phi) is 5.42. The Balaban J connectivity index is 1.66. The lowest BCUT2D eigenvalue weighted by atomic mass is 9.84. The van der Waals surface area contributed by atoms with Crippen LogP contribution >= 0.6 is 11.6 Å². The van der Waals surface area contributed by atoms with E-state index in [1.54, 1.807) is 54.6 Å². The molecular weight excluding hydrogens is 495 g/mol. The summed E-state index contributed by atoms with van der Waals surface area (Å²) in [6.07, 6.45) is 1.38. The van der Waals surface area contributed by atoms with Gasteiger partial charge >= 0.3 is 0 Å². The van der Waals surface area contributed by atoms with Gasteiger partial charge in [-0.15, -0.1) is 0 Å². The predicted molar refractivity (Wildman–Crippen MR) is 138 cm³/mol. The Morgan fingerprint density at radius 1 is 1.00 bits per heavy atom. The number of rotatable bonds is 5. The molecular formula is C29H22ClFN2O4. The third kappa shape index (κ3) is 3.20. The van der Waals surface area contributed by atoms with E-state index in [9.17, 15) is 18.8 Å². The van der Waals surface area contributed by atoms with Crippen LogP contribution in [0.3, 0.4) is 0 Å². The molecule has 6 nitrogen and oxygen atoms in total. The topological polar surface area (TPSA) is 70.8 Å². The molecule has 1 spiro atoms. The molecule has 2 aliphatic heterocycles. The lowest BCUT2D eigenvalue weighted by molar-refractivity contribution is -0.126. The first-order valence-corrected chi connectivity index (χ1v) is 12.5. The minimum absolute atomic E-state index is 0.0168. The first-order valence-electron chi connectivity index (χ1n) is 12.1. The maximum absolute atomic E-state index is 14.7. The molecule has 0 radical (unpaired) electrons. The molecule has 0 N–H and O–H groups in total. The van der Waals surface area contributed by atoms with Crippen LogP contribution in [0.5, 0.6) is 0 Å². The summed E-state index contributed by atoms with van der Waals surface area (Å²) < 4.78 is 20.7. The van der Waals surface area contributed by atoms with Gasteiger partial charge in [0.25, 0.3) is 11.8 Å². The number of para-hydroxylation sites is 1. The number of hydrogen-bond acceptors (Lipinski definition) is 4. The highest BCUT2D eigenvalue weighted by atomic mass is 35.5. The monoisotopic (exact) mass is 516 g/mol. The number of nitrogens with zero attached hydrogens (tertiary/aromatic N) is 2. The fraction of sp³-hybridized carbons (Fsp3) is 0.207. The quantitative estimate of drug-likeness (QED) is 0.344. The van der Waals surface area contributed by atoms with Crippen LogP contribution in [0.1, 0.15) is 47.0 Å². The van der Waals surface area contributed by atoms with Gasteiger partial charge in [-0.25, -0.2) is 4.39 Å². The molecule has 186 valence electrons. The zero-order chi connectivity index (χ0) is 25.9. The van der Waals surface area contributed by atoms with Crippen molar-refractivity contribution < 1.29 is 18.4 Å². The molecule has 3 heterocycles. The summed E-state index contributed by atoms with van der Waals surface area (Å²) >= 11 is 6.19. The third-order valence-electron chi connectivity index (χ3n) is 7.22. The van der Waals surface area contributed by atoms with Crippen molar-refractivity contribution in [1.82, 2.24) is 4.90 Å². The molecule has 1 unspecified atom stereocenters. The number of benzene rings is 3. The second-order valence-electron chi connectivity index (χ2n) is 9.30. The Labute approximate surface area is 216 Å². The van der Waals surface area contributed by atoms with E-state index in [0.717, 1.165) is 6.42 Å². The Hall–Kier alpha value is -3.97. The number of amides is 2. The van der Waals surface area contributed by atoms with Crippen LogP contribution in [0.15, 0.2) is 75.9 Å². The highest BCUT2D eigenvalue weighted by molar-refractivity contribution is 6.31. The molecule has 1 aromatic heterocycles. The molecule has 1 atom stereocenters. The highest BCUT2D eigenvalue weighted by Crippen LogP contribution is 2.53. The summed E-state index contributed by atoms with van der Waals surface area (Å²) in [6, 6.07) is 17.9. The maximum Gasteiger partial charge on any atom is 0.291 e. The largest absolute Gasteiger partial charge is 0.450 e.